The van der Waals surface area contributed by atoms with Crippen LogP contribution >= 0.6 is 11.5 Å². The standard InChI is InChI=1S/C29H21F3N4O2S/c1-35-24(29(30,31)32)15-25(37)36(27(35)38)21-12-13-23-22(14-21)26(34-39-23)28(18-33,16-19-8-4-2-5-9-19)17-20-10-6-3-7-11-20/h2-15H,16-17H2,1H3. The summed E-state index contributed by atoms with van der Waals surface area (Å²) in [5.74, 6) is 0. The molecule has 0 fully saturated rings. The number of aromatic nitrogens is 3. The molecule has 0 aliphatic rings. The van der Waals surface area contributed by atoms with Gasteiger partial charge in [-0.3, -0.25) is 9.36 Å². The predicted molar refractivity (Wildman–Crippen MR) is 143 cm³/mol. The molecule has 5 rings (SSSR count). The Hall–Kier alpha value is -4.49. The second kappa shape index (κ2) is 10.0. The molecule has 3 aromatic carbocycles. The second-order valence-electron chi connectivity index (χ2n) is 9.27. The van der Waals surface area contributed by atoms with Crippen LogP contribution in [0.4, 0.5) is 13.2 Å². The summed E-state index contributed by atoms with van der Waals surface area (Å²) in [5, 5.41) is 11.2. The predicted octanol–water partition coefficient (Wildman–Crippen LogP) is 5.41. The van der Waals surface area contributed by atoms with Gasteiger partial charge in [0.2, 0.25) is 0 Å². The smallest absolute Gasteiger partial charge is 0.292 e. The van der Waals surface area contributed by atoms with Gasteiger partial charge in [-0.15, -0.1) is 0 Å². The van der Waals surface area contributed by atoms with Gasteiger partial charge in [-0.1, -0.05) is 60.7 Å². The molecular formula is C29H21F3N4O2S. The van der Waals surface area contributed by atoms with Gasteiger partial charge in [0.15, 0.2) is 0 Å². The summed E-state index contributed by atoms with van der Waals surface area (Å²) in [6.07, 6.45) is -4.16. The monoisotopic (exact) mass is 546 g/mol. The molecule has 5 aromatic rings. The van der Waals surface area contributed by atoms with E-state index in [4.69, 9.17) is 0 Å². The van der Waals surface area contributed by atoms with Crippen molar-refractivity contribution >= 4 is 21.6 Å². The largest absolute Gasteiger partial charge is 0.431 e. The molecule has 0 saturated heterocycles. The average molecular weight is 547 g/mol. The van der Waals surface area contributed by atoms with Gasteiger partial charge in [0.1, 0.15) is 11.1 Å². The van der Waals surface area contributed by atoms with Gasteiger partial charge < -0.3 is 0 Å². The molecule has 0 saturated carbocycles. The number of fused-ring (bicyclic) bond motifs is 1. The normalized spacial score (nSPS) is 12.0. The van der Waals surface area contributed by atoms with Crippen molar-refractivity contribution in [2.45, 2.75) is 24.4 Å². The first-order valence-electron chi connectivity index (χ1n) is 11.9. The molecule has 2 heterocycles. The Morgan fingerprint density at radius 1 is 0.897 bits per heavy atom. The van der Waals surface area contributed by atoms with E-state index in [1.54, 1.807) is 12.1 Å². The Morgan fingerprint density at radius 2 is 1.49 bits per heavy atom. The number of halogens is 3. The molecule has 0 unspecified atom stereocenters. The van der Waals surface area contributed by atoms with E-state index < -0.39 is 28.5 Å². The van der Waals surface area contributed by atoms with E-state index in [1.165, 1.54) is 17.6 Å². The van der Waals surface area contributed by atoms with Crippen LogP contribution in [0.1, 0.15) is 22.5 Å². The third-order valence-electron chi connectivity index (χ3n) is 6.69. The minimum Gasteiger partial charge on any atom is -0.292 e. The number of rotatable bonds is 6. The van der Waals surface area contributed by atoms with Crippen molar-refractivity contribution in [2.24, 2.45) is 7.05 Å². The molecule has 2 aromatic heterocycles. The number of benzene rings is 3. The minimum absolute atomic E-state index is 0.0922. The quantitative estimate of drug-likeness (QED) is 0.285. The fourth-order valence-electron chi connectivity index (χ4n) is 4.80. The van der Waals surface area contributed by atoms with Gasteiger partial charge in [0.05, 0.1) is 22.2 Å². The SMILES string of the molecule is Cn1c(C(F)(F)F)cc(=O)n(-c2ccc3snc(C(C#N)(Cc4ccccc4)Cc4ccccc4)c3c2)c1=O. The Morgan fingerprint density at radius 3 is 2.03 bits per heavy atom. The molecular weight excluding hydrogens is 525 g/mol. The zero-order valence-corrected chi connectivity index (χ0v) is 21.5. The van der Waals surface area contributed by atoms with E-state index in [2.05, 4.69) is 10.4 Å². The van der Waals surface area contributed by atoms with E-state index in [-0.39, 0.29) is 5.69 Å². The molecule has 0 bridgehead atoms. The van der Waals surface area contributed by atoms with Gasteiger partial charge in [-0.25, -0.2) is 9.36 Å². The molecule has 0 amide bonds. The van der Waals surface area contributed by atoms with Crippen molar-refractivity contribution in [1.82, 2.24) is 13.5 Å². The number of alkyl halides is 3. The van der Waals surface area contributed by atoms with Crippen LogP contribution in [0, 0.1) is 11.3 Å². The first-order chi connectivity index (χ1) is 18.6. The summed E-state index contributed by atoms with van der Waals surface area (Å²) in [6, 6.07) is 26.7. The molecule has 6 nitrogen and oxygen atoms in total. The molecule has 0 aliphatic heterocycles. The summed E-state index contributed by atoms with van der Waals surface area (Å²) in [7, 11) is 0.970. The highest BCUT2D eigenvalue weighted by molar-refractivity contribution is 7.13. The summed E-state index contributed by atoms with van der Waals surface area (Å²) < 4.78 is 46.5. The maximum absolute atomic E-state index is 13.3. The summed E-state index contributed by atoms with van der Waals surface area (Å²) in [6.45, 7) is 0. The summed E-state index contributed by atoms with van der Waals surface area (Å²) in [4.78, 5) is 25.7. The molecule has 0 radical (unpaired) electrons. The third-order valence-corrected chi connectivity index (χ3v) is 7.51. The number of hydrogen-bond acceptors (Lipinski definition) is 5. The lowest BCUT2D eigenvalue weighted by Crippen LogP contribution is -2.40. The molecule has 0 aliphatic carbocycles. The zero-order chi connectivity index (χ0) is 27.8. The van der Waals surface area contributed by atoms with Gasteiger partial charge in [-0.05, 0) is 53.7 Å². The van der Waals surface area contributed by atoms with Crippen LogP contribution in [0.5, 0.6) is 0 Å². The number of nitriles is 1. The fraction of sp³-hybridized carbons (Fsp3) is 0.172. The fourth-order valence-corrected chi connectivity index (χ4v) is 5.64. The van der Waals surface area contributed by atoms with Crippen molar-refractivity contribution in [3.05, 3.63) is 128 Å². The molecule has 0 spiro atoms. The van der Waals surface area contributed by atoms with Gasteiger partial charge in [0.25, 0.3) is 5.56 Å². The lowest BCUT2D eigenvalue weighted by atomic mass is 9.74. The lowest BCUT2D eigenvalue weighted by Gasteiger charge is -2.26. The molecule has 0 atom stereocenters. The average Bonchev–Trinajstić information content (AvgIpc) is 3.35. The summed E-state index contributed by atoms with van der Waals surface area (Å²) in [5.41, 5.74) is -2.22. The first-order valence-corrected chi connectivity index (χ1v) is 12.7. The maximum Gasteiger partial charge on any atom is 0.431 e. The Kier molecular flexibility index (Phi) is 6.70. The van der Waals surface area contributed by atoms with Crippen LogP contribution < -0.4 is 11.2 Å². The van der Waals surface area contributed by atoms with E-state index in [0.717, 1.165) is 18.2 Å². The van der Waals surface area contributed by atoms with Crippen LogP contribution in [0.3, 0.4) is 0 Å². The van der Waals surface area contributed by atoms with Gasteiger partial charge in [-0.2, -0.15) is 22.8 Å². The highest BCUT2D eigenvalue weighted by Gasteiger charge is 2.38. The van der Waals surface area contributed by atoms with Crippen LogP contribution in [-0.2, 0) is 31.5 Å². The molecule has 0 N–H and O–H groups in total. The number of nitrogens with zero attached hydrogens (tertiary/aromatic N) is 4. The van der Waals surface area contributed by atoms with E-state index in [0.29, 0.717) is 43.8 Å². The van der Waals surface area contributed by atoms with Crippen LogP contribution in [0.25, 0.3) is 15.8 Å². The van der Waals surface area contributed by atoms with E-state index in [9.17, 15) is 28.0 Å². The Balaban J connectivity index is 1.71. The molecule has 10 heteroatoms. The van der Waals surface area contributed by atoms with E-state index in [1.807, 2.05) is 60.7 Å². The van der Waals surface area contributed by atoms with Crippen LogP contribution in [0.15, 0.2) is 94.5 Å². The minimum atomic E-state index is -4.86. The van der Waals surface area contributed by atoms with Crippen molar-refractivity contribution in [1.29, 1.82) is 5.26 Å². The third kappa shape index (κ3) is 4.89. The van der Waals surface area contributed by atoms with Crippen LogP contribution in [-0.4, -0.2) is 13.5 Å². The van der Waals surface area contributed by atoms with Crippen LogP contribution in [0.2, 0.25) is 0 Å². The van der Waals surface area contributed by atoms with E-state index >= 15 is 0 Å². The zero-order valence-electron chi connectivity index (χ0n) is 20.6. The van der Waals surface area contributed by atoms with Crippen molar-refractivity contribution in [3.63, 3.8) is 0 Å². The highest BCUT2D eigenvalue weighted by atomic mass is 32.1. The van der Waals surface area contributed by atoms with Crippen molar-refractivity contribution in [2.75, 3.05) is 0 Å². The van der Waals surface area contributed by atoms with Gasteiger partial charge >= 0.3 is 11.9 Å². The topological polar surface area (TPSA) is 80.7 Å². The number of hydrogen-bond donors (Lipinski definition) is 0. The second-order valence-corrected chi connectivity index (χ2v) is 10.1. The summed E-state index contributed by atoms with van der Waals surface area (Å²) >= 11 is 1.18. The lowest BCUT2D eigenvalue weighted by molar-refractivity contribution is -0.144. The molecule has 39 heavy (non-hydrogen) atoms. The maximum atomic E-state index is 13.3. The van der Waals surface area contributed by atoms with Crippen molar-refractivity contribution in [3.8, 4) is 11.8 Å². The first kappa shape index (κ1) is 26.1. The van der Waals surface area contributed by atoms with Crippen molar-refractivity contribution < 1.29 is 13.2 Å². The highest BCUT2D eigenvalue weighted by Crippen LogP contribution is 2.38. The Labute approximate surface area is 225 Å². The molecule has 196 valence electrons. The Bertz CT molecular complexity index is 1780. The van der Waals surface area contributed by atoms with Gasteiger partial charge in [0, 0.05) is 18.5 Å².